The molecule has 0 aromatic heterocycles. The van der Waals surface area contributed by atoms with Gasteiger partial charge < -0.3 is 47.8 Å². The third-order valence-corrected chi connectivity index (χ3v) is 7.22. The topological polar surface area (TPSA) is 246 Å². The summed E-state index contributed by atoms with van der Waals surface area (Å²) in [7, 11) is 0. The normalized spacial score (nSPS) is 18.5. The highest BCUT2D eigenvalue weighted by Crippen LogP contribution is 2.18. The number of rotatable bonds is 17. The first-order chi connectivity index (χ1) is 19.7. The molecule has 10 N–H and O–H groups in total. The fourth-order valence-electron chi connectivity index (χ4n) is 4.46. The molecule has 0 bridgehead atoms. The van der Waals surface area contributed by atoms with Gasteiger partial charge in [0.05, 0.1) is 12.6 Å². The number of carbonyl (C=O) groups excluding carboxylic acids is 5. The Morgan fingerprint density at radius 1 is 0.833 bits per heavy atom. The van der Waals surface area contributed by atoms with E-state index in [0.29, 0.717) is 25.8 Å². The van der Waals surface area contributed by atoms with Crippen molar-refractivity contribution in [3.63, 3.8) is 0 Å². The molecular formula is C27H49N7O8. The van der Waals surface area contributed by atoms with Crippen LogP contribution in [-0.4, -0.2) is 107 Å². The molecule has 0 aromatic rings. The molecule has 5 amide bonds. The maximum Gasteiger partial charge on any atom is 0.326 e. The van der Waals surface area contributed by atoms with Crippen LogP contribution >= 0.6 is 0 Å². The monoisotopic (exact) mass is 599 g/mol. The molecule has 1 fully saturated rings. The third-order valence-electron chi connectivity index (χ3n) is 7.22. The molecule has 240 valence electrons. The maximum atomic E-state index is 13.3. The van der Waals surface area contributed by atoms with E-state index < -0.39 is 84.3 Å². The third kappa shape index (κ3) is 10.8. The van der Waals surface area contributed by atoms with E-state index in [4.69, 9.17) is 11.5 Å². The van der Waals surface area contributed by atoms with Gasteiger partial charge in [-0.15, -0.1) is 0 Å². The van der Waals surface area contributed by atoms with Crippen molar-refractivity contribution < 1.29 is 39.0 Å². The average Bonchev–Trinajstić information content (AvgIpc) is 3.43. The predicted molar refractivity (Wildman–Crippen MR) is 153 cm³/mol. The van der Waals surface area contributed by atoms with Crippen molar-refractivity contribution in [3.8, 4) is 0 Å². The van der Waals surface area contributed by atoms with Gasteiger partial charge in [0.2, 0.25) is 29.5 Å². The minimum absolute atomic E-state index is 0.149. The molecular weight excluding hydrogens is 550 g/mol. The number of hydrogen-bond acceptors (Lipinski definition) is 9. The predicted octanol–water partition coefficient (Wildman–Crippen LogP) is -2.22. The Balaban J connectivity index is 2.99. The van der Waals surface area contributed by atoms with E-state index in [-0.39, 0.29) is 25.3 Å². The summed E-state index contributed by atoms with van der Waals surface area (Å²) in [4.78, 5) is 77.2. The van der Waals surface area contributed by atoms with Gasteiger partial charge in [-0.25, -0.2) is 4.79 Å². The lowest BCUT2D eigenvalue weighted by Gasteiger charge is -2.29. The largest absolute Gasteiger partial charge is 0.480 e. The van der Waals surface area contributed by atoms with Gasteiger partial charge in [0.25, 0.3) is 0 Å². The Labute approximate surface area is 246 Å². The van der Waals surface area contributed by atoms with Crippen molar-refractivity contribution in [1.29, 1.82) is 0 Å². The molecule has 1 rings (SSSR count). The Morgan fingerprint density at radius 3 is 1.98 bits per heavy atom. The number of carbonyl (C=O) groups is 6. The Hall–Kier alpha value is -3.30. The second-order valence-electron chi connectivity index (χ2n) is 11.3. The zero-order valence-electron chi connectivity index (χ0n) is 25.2. The van der Waals surface area contributed by atoms with Crippen molar-refractivity contribution in [3.05, 3.63) is 0 Å². The number of nitrogens with two attached hydrogens (primary N) is 2. The molecule has 0 radical (unpaired) electrons. The summed E-state index contributed by atoms with van der Waals surface area (Å²) in [5, 5.41) is 29.4. The number of aliphatic hydroxyl groups excluding tert-OH is 1. The summed E-state index contributed by atoms with van der Waals surface area (Å²) in [6.45, 7) is 8.11. The van der Waals surface area contributed by atoms with Crippen molar-refractivity contribution in [2.24, 2.45) is 23.3 Å². The van der Waals surface area contributed by atoms with E-state index in [9.17, 15) is 39.0 Å². The SMILES string of the molecule is CC(C)[C@H](N)C(=O)N[C@@H](C)C(=O)N[C@@H](CCCCN)C(=O)N[C@H](C(=O)N[C@@H](CO)C(=O)N1CCC[C@H]1C(=O)O)C(C)C. The van der Waals surface area contributed by atoms with Crippen LogP contribution in [0.5, 0.6) is 0 Å². The fraction of sp³-hybridized carbons (Fsp3) is 0.778. The van der Waals surface area contributed by atoms with Gasteiger partial charge in [0.1, 0.15) is 30.2 Å². The second kappa shape index (κ2) is 17.6. The fourth-order valence-corrected chi connectivity index (χ4v) is 4.46. The molecule has 15 heteroatoms. The van der Waals surface area contributed by atoms with Gasteiger partial charge >= 0.3 is 5.97 Å². The molecule has 6 atom stereocenters. The van der Waals surface area contributed by atoms with Crippen LogP contribution in [0.25, 0.3) is 0 Å². The van der Waals surface area contributed by atoms with Crippen LogP contribution in [0.2, 0.25) is 0 Å². The molecule has 0 unspecified atom stereocenters. The van der Waals surface area contributed by atoms with Gasteiger partial charge in [-0.3, -0.25) is 24.0 Å². The maximum absolute atomic E-state index is 13.3. The highest BCUT2D eigenvalue weighted by molar-refractivity contribution is 5.96. The Morgan fingerprint density at radius 2 is 1.45 bits per heavy atom. The van der Waals surface area contributed by atoms with E-state index >= 15 is 0 Å². The molecule has 42 heavy (non-hydrogen) atoms. The molecule has 15 nitrogen and oxygen atoms in total. The van der Waals surface area contributed by atoms with E-state index in [2.05, 4.69) is 21.3 Å². The molecule has 1 aliphatic rings. The molecule has 0 aliphatic carbocycles. The van der Waals surface area contributed by atoms with Crippen molar-refractivity contribution in [2.45, 2.75) is 103 Å². The van der Waals surface area contributed by atoms with Crippen molar-refractivity contribution in [2.75, 3.05) is 19.7 Å². The Bertz CT molecular complexity index is 961. The minimum atomic E-state index is -1.41. The van der Waals surface area contributed by atoms with Gasteiger partial charge in [0, 0.05) is 6.54 Å². The first kappa shape index (κ1) is 36.7. The van der Waals surface area contributed by atoms with Crippen LogP contribution in [0.1, 0.15) is 66.7 Å². The van der Waals surface area contributed by atoms with Crippen molar-refractivity contribution >= 4 is 35.5 Å². The second-order valence-corrected chi connectivity index (χ2v) is 11.3. The summed E-state index contributed by atoms with van der Waals surface area (Å²) < 4.78 is 0. The Kier molecular flexibility index (Phi) is 15.4. The van der Waals surface area contributed by atoms with Gasteiger partial charge in [-0.2, -0.15) is 0 Å². The standard InChI is InChI=1S/C27H49N7O8/c1-14(2)20(29)24(38)30-16(5)22(36)31-17(9-6-7-11-28)23(37)33-21(15(3)4)25(39)32-18(13-35)26(40)34-12-8-10-19(34)27(41)42/h14-21,35H,6-13,28-29H2,1-5H3,(H,30,38)(H,31,36)(H,32,39)(H,33,37)(H,41,42)/t16-,17-,18-,19-,20-,21-/m0/s1. The minimum Gasteiger partial charge on any atom is -0.480 e. The number of nitrogens with one attached hydrogen (secondary N) is 4. The van der Waals surface area contributed by atoms with Crippen LogP contribution in [0.4, 0.5) is 0 Å². The quantitative estimate of drug-likeness (QED) is 0.0837. The summed E-state index contributed by atoms with van der Waals surface area (Å²) in [6.07, 6.45) is 2.02. The number of aliphatic hydroxyl groups is 1. The lowest BCUT2D eigenvalue weighted by Crippen LogP contribution is -2.60. The van der Waals surface area contributed by atoms with Crippen LogP contribution in [0.15, 0.2) is 0 Å². The highest BCUT2D eigenvalue weighted by Gasteiger charge is 2.39. The smallest absolute Gasteiger partial charge is 0.326 e. The molecule has 1 saturated heterocycles. The summed E-state index contributed by atoms with van der Waals surface area (Å²) >= 11 is 0. The highest BCUT2D eigenvalue weighted by atomic mass is 16.4. The molecule has 0 saturated carbocycles. The lowest BCUT2D eigenvalue weighted by molar-refractivity contribution is -0.150. The molecule has 0 aromatic carbocycles. The van der Waals surface area contributed by atoms with Gasteiger partial charge in [-0.1, -0.05) is 27.7 Å². The van der Waals surface area contributed by atoms with E-state index in [1.807, 2.05) is 0 Å². The van der Waals surface area contributed by atoms with E-state index in [1.165, 1.54) is 6.92 Å². The summed E-state index contributed by atoms with van der Waals surface area (Å²) in [5.74, 6) is -5.06. The first-order valence-electron chi connectivity index (χ1n) is 14.5. The number of unbranched alkanes of at least 4 members (excludes halogenated alkanes) is 1. The summed E-state index contributed by atoms with van der Waals surface area (Å²) in [6, 6.07) is -6.47. The van der Waals surface area contributed by atoms with E-state index in [1.54, 1.807) is 27.7 Å². The molecule has 0 spiro atoms. The summed E-state index contributed by atoms with van der Waals surface area (Å²) in [5.41, 5.74) is 11.4. The van der Waals surface area contributed by atoms with Crippen molar-refractivity contribution in [1.82, 2.24) is 26.2 Å². The number of nitrogens with zero attached hydrogens (tertiary/aromatic N) is 1. The number of aliphatic carboxylic acids is 1. The van der Waals surface area contributed by atoms with Crippen LogP contribution in [0, 0.1) is 11.8 Å². The number of carboxylic acid groups (broad SMARTS) is 1. The molecule has 1 aliphatic heterocycles. The van der Waals surface area contributed by atoms with Gasteiger partial charge in [-0.05, 0) is 57.4 Å². The zero-order chi connectivity index (χ0) is 32.1. The number of carboxylic acids is 1. The number of likely N-dealkylation sites (tertiary alicyclic amines) is 1. The lowest BCUT2D eigenvalue weighted by atomic mass is 10.0. The number of hydrogen-bond donors (Lipinski definition) is 8. The first-order valence-corrected chi connectivity index (χ1v) is 14.5. The van der Waals surface area contributed by atoms with Gasteiger partial charge in [0.15, 0.2) is 0 Å². The van der Waals surface area contributed by atoms with Crippen LogP contribution in [-0.2, 0) is 28.8 Å². The number of amides is 5. The van der Waals surface area contributed by atoms with Crippen LogP contribution in [0.3, 0.4) is 0 Å². The van der Waals surface area contributed by atoms with Crippen LogP contribution < -0.4 is 32.7 Å². The van der Waals surface area contributed by atoms with E-state index in [0.717, 1.165) is 4.90 Å². The average molecular weight is 600 g/mol. The zero-order valence-corrected chi connectivity index (χ0v) is 25.2. The molecule has 1 heterocycles.